The first-order valence-corrected chi connectivity index (χ1v) is 7.11. The highest BCUT2D eigenvalue weighted by Crippen LogP contribution is 2.22. The summed E-state index contributed by atoms with van der Waals surface area (Å²) in [5, 5.41) is 0. The second-order valence-electron chi connectivity index (χ2n) is 3.91. The van der Waals surface area contributed by atoms with Crippen LogP contribution in [0.25, 0.3) is 0 Å². The van der Waals surface area contributed by atoms with E-state index in [1.165, 1.54) is 4.90 Å². The van der Waals surface area contributed by atoms with E-state index in [-0.39, 0.29) is 12.1 Å². The van der Waals surface area contributed by atoms with Gasteiger partial charge in [-0.15, -0.1) is 11.8 Å². The zero-order chi connectivity index (χ0) is 12.0. The summed E-state index contributed by atoms with van der Waals surface area (Å²) in [6.07, 6.45) is 0.252. The molecular formula is C12H18BrNOS. The molecule has 2 N–H and O–H groups in total. The van der Waals surface area contributed by atoms with Crippen molar-refractivity contribution < 1.29 is 4.74 Å². The third-order valence-corrected chi connectivity index (χ3v) is 3.58. The maximum Gasteiger partial charge on any atom is 0.0629 e. The fraction of sp³-hybridized carbons (Fsp3) is 0.500. The largest absolute Gasteiger partial charge is 0.377 e. The highest BCUT2D eigenvalue weighted by Gasteiger charge is 2.05. The van der Waals surface area contributed by atoms with Gasteiger partial charge in [-0.1, -0.05) is 22.0 Å². The van der Waals surface area contributed by atoms with E-state index in [4.69, 9.17) is 10.5 Å². The van der Waals surface area contributed by atoms with Crippen LogP contribution in [0, 0.1) is 0 Å². The minimum atomic E-state index is 0.0892. The van der Waals surface area contributed by atoms with Gasteiger partial charge >= 0.3 is 0 Å². The Balaban J connectivity index is 2.28. The maximum absolute atomic E-state index is 5.95. The lowest BCUT2D eigenvalue weighted by Gasteiger charge is -2.13. The van der Waals surface area contributed by atoms with Crippen LogP contribution in [-0.4, -0.2) is 24.5 Å². The molecule has 0 amide bonds. The lowest BCUT2D eigenvalue weighted by molar-refractivity contribution is 0.0720. The average Bonchev–Trinajstić information content (AvgIpc) is 2.23. The molecule has 0 aliphatic rings. The Labute approximate surface area is 110 Å². The second-order valence-corrected chi connectivity index (χ2v) is 5.92. The molecule has 0 radical (unpaired) electrons. The van der Waals surface area contributed by atoms with Gasteiger partial charge in [-0.25, -0.2) is 0 Å². The smallest absolute Gasteiger partial charge is 0.0629 e. The Morgan fingerprint density at radius 3 is 2.81 bits per heavy atom. The van der Waals surface area contributed by atoms with Gasteiger partial charge in [0, 0.05) is 21.2 Å². The van der Waals surface area contributed by atoms with Crippen LogP contribution in [0.15, 0.2) is 33.6 Å². The molecule has 1 aromatic carbocycles. The van der Waals surface area contributed by atoms with Gasteiger partial charge in [-0.2, -0.15) is 0 Å². The molecule has 16 heavy (non-hydrogen) atoms. The van der Waals surface area contributed by atoms with Gasteiger partial charge < -0.3 is 10.5 Å². The van der Waals surface area contributed by atoms with Crippen molar-refractivity contribution in [3.63, 3.8) is 0 Å². The Morgan fingerprint density at radius 2 is 2.19 bits per heavy atom. The quantitative estimate of drug-likeness (QED) is 0.819. The van der Waals surface area contributed by atoms with Crippen LogP contribution in [0.3, 0.4) is 0 Å². The van der Waals surface area contributed by atoms with Crippen molar-refractivity contribution in [3.8, 4) is 0 Å². The molecule has 0 aliphatic heterocycles. The van der Waals surface area contributed by atoms with E-state index < -0.39 is 0 Å². The topological polar surface area (TPSA) is 35.2 Å². The van der Waals surface area contributed by atoms with E-state index in [9.17, 15) is 0 Å². The molecule has 1 rings (SSSR count). The average molecular weight is 304 g/mol. The van der Waals surface area contributed by atoms with Gasteiger partial charge in [-0.05, 0) is 32.0 Å². The molecule has 2 nitrogen and oxygen atoms in total. The molecule has 0 fully saturated rings. The van der Waals surface area contributed by atoms with Crippen LogP contribution in [0.5, 0.6) is 0 Å². The molecular weight excluding hydrogens is 286 g/mol. The molecule has 0 aliphatic carbocycles. The zero-order valence-corrected chi connectivity index (χ0v) is 12.1. The number of nitrogens with two attached hydrogens (primary N) is 1. The van der Waals surface area contributed by atoms with E-state index in [0.717, 1.165) is 10.2 Å². The van der Waals surface area contributed by atoms with Crippen molar-refractivity contribution in [1.82, 2.24) is 0 Å². The second kappa shape index (κ2) is 7.33. The number of ether oxygens (including phenoxy) is 1. The van der Waals surface area contributed by atoms with Crippen molar-refractivity contribution in [1.29, 1.82) is 0 Å². The summed E-state index contributed by atoms with van der Waals surface area (Å²) in [5.41, 5.74) is 5.95. The van der Waals surface area contributed by atoms with Crippen LogP contribution in [0.2, 0.25) is 0 Å². The van der Waals surface area contributed by atoms with Crippen LogP contribution < -0.4 is 5.73 Å². The monoisotopic (exact) mass is 303 g/mol. The van der Waals surface area contributed by atoms with Crippen LogP contribution in [-0.2, 0) is 4.74 Å². The first-order chi connectivity index (χ1) is 7.58. The van der Waals surface area contributed by atoms with E-state index >= 15 is 0 Å². The normalized spacial score (nSPS) is 13.1. The zero-order valence-electron chi connectivity index (χ0n) is 9.65. The Morgan fingerprint density at radius 1 is 1.44 bits per heavy atom. The highest BCUT2D eigenvalue weighted by atomic mass is 79.9. The SMILES string of the molecule is CC(C)OCC(N)CSc1cccc(Br)c1. The summed E-state index contributed by atoms with van der Waals surface area (Å²) in [6, 6.07) is 8.33. The fourth-order valence-electron chi connectivity index (χ4n) is 1.12. The third kappa shape index (κ3) is 5.89. The fourth-order valence-corrected chi connectivity index (χ4v) is 2.56. The molecule has 1 aromatic rings. The van der Waals surface area contributed by atoms with Crippen molar-refractivity contribution in [2.45, 2.75) is 30.9 Å². The van der Waals surface area contributed by atoms with Gasteiger partial charge in [0.05, 0.1) is 12.7 Å². The van der Waals surface area contributed by atoms with Crippen LogP contribution >= 0.6 is 27.7 Å². The van der Waals surface area contributed by atoms with Crippen molar-refractivity contribution in [2.75, 3.05) is 12.4 Å². The molecule has 0 spiro atoms. The van der Waals surface area contributed by atoms with Crippen molar-refractivity contribution in [3.05, 3.63) is 28.7 Å². The van der Waals surface area contributed by atoms with Gasteiger partial charge in [0.15, 0.2) is 0 Å². The summed E-state index contributed by atoms with van der Waals surface area (Å²) in [7, 11) is 0. The summed E-state index contributed by atoms with van der Waals surface area (Å²) in [6.45, 7) is 4.67. The summed E-state index contributed by atoms with van der Waals surface area (Å²) in [5.74, 6) is 0.878. The molecule has 0 aromatic heterocycles. The predicted octanol–water partition coefficient (Wildman–Crippen LogP) is 3.29. The van der Waals surface area contributed by atoms with Gasteiger partial charge in [0.1, 0.15) is 0 Å². The Kier molecular flexibility index (Phi) is 6.43. The van der Waals surface area contributed by atoms with Gasteiger partial charge in [0.2, 0.25) is 0 Å². The number of hydrogen-bond acceptors (Lipinski definition) is 3. The Bertz CT molecular complexity index is 320. The van der Waals surface area contributed by atoms with E-state index in [2.05, 4.69) is 28.1 Å². The molecule has 0 saturated carbocycles. The minimum absolute atomic E-state index is 0.0892. The standard InChI is InChI=1S/C12H18BrNOS/c1-9(2)15-7-11(14)8-16-12-5-3-4-10(13)6-12/h3-6,9,11H,7-8,14H2,1-2H3. The lowest BCUT2D eigenvalue weighted by atomic mass is 10.4. The van der Waals surface area contributed by atoms with E-state index in [1.54, 1.807) is 11.8 Å². The molecule has 90 valence electrons. The van der Waals surface area contributed by atoms with Gasteiger partial charge in [-0.3, -0.25) is 0 Å². The highest BCUT2D eigenvalue weighted by molar-refractivity contribution is 9.10. The molecule has 0 heterocycles. The molecule has 0 bridgehead atoms. The van der Waals surface area contributed by atoms with Crippen LogP contribution in [0.1, 0.15) is 13.8 Å². The molecule has 1 atom stereocenters. The number of thioether (sulfide) groups is 1. The molecule has 0 saturated heterocycles. The Hall–Kier alpha value is -0.0300. The molecule has 1 unspecified atom stereocenters. The molecule has 4 heteroatoms. The van der Waals surface area contributed by atoms with Crippen LogP contribution in [0.4, 0.5) is 0 Å². The number of hydrogen-bond donors (Lipinski definition) is 1. The summed E-state index contributed by atoms with van der Waals surface area (Å²) >= 11 is 5.21. The van der Waals surface area contributed by atoms with E-state index in [0.29, 0.717) is 6.61 Å². The minimum Gasteiger partial charge on any atom is -0.377 e. The van der Waals surface area contributed by atoms with Crippen molar-refractivity contribution >= 4 is 27.7 Å². The first-order valence-electron chi connectivity index (χ1n) is 5.33. The first kappa shape index (κ1) is 14.0. The van der Waals surface area contributed by atoms with Gasteiger partial charge in [0.25, 0.3) is 0 Å². The number of halogens is 1. The third-order valence-electron chi connectivity index (χ3n) is 1.90. The predicted molar refractivity (Wildman–Crippen MR) is 73.9 cm³/mol. The summed E-state index contributed by atoms with van der Waals surface area (Å²) < 4.78 is 6.57. The maximum atomic E-state index is 5.95. The lowest BCUT2D eigenvalue weighted by Crippen LogP contribution is -2.30. The van der Waals surface area contributed by atoms with Crippen molar-refractivity contribution in [2.24, 2.45) is 5.73 Å². The number of rotatable bonds is 6. The summed E-state index contributed by atoms with van der Waals surface area (Å²) in [4.78, 5) is 1.23. The van der Waals surface area contributed by atoms with E-state index in [1.807, 2.05) is 26.0 Å². The number of benzene rings is 1.